The van der Waals surface area contributed by atoms with E-state index in [0.717, 1.165) is 30.1 Å². The number of carbonyl (C=O) groups is 2. The molecule has 1 unspecified atom stereocenters. The van der Waals surface area contributed by atoms with Gasteiger partial charge in [-0.3, -0.25) is 19.4 Å². The molecule has 1 saturated heterocycles. The average Bonchev–Trinajstić information content (AvgIpc) is 3.66. The molecule has 7 rings (SSSR count). The number of aryl methyl sites for hydroxylation is 1. The first-order valence-electron chi connectivity index (χ1n) is 18.0. The van der Waals surface area contributed by atoms with Crippen LogP contribution in [0.2, 0.25) is 0 Å². The fourth-order valence-corrected chi connectivity index (χ4v) is 10.5. The second-order valence-corrected chi connectivity index (χ2v) is 16.6. The van der Waals surface area contributed by atoms with Gasteiger partial charge < -0.3 is 14.4 Å². The second-order valence-electron chi connectivity index (χ2n) is 13.6. The van der Waals surface area contributed by atoms with Gasteiger partial charge in [-0.05, 0) is 91.2 Å². The molecule has 1 N–H and O–H groups in total. The van der Waals surface area contributed by atoms with Crippen molar-refractivity contribution in [3.8, 4) is 11.5 Å². The zero-order valence-electron chi connectivity index (χ0n) is 30.7. The molecule has 54 heavy (non-hydrogen) atoms. The molecule has 4 aromatic carbocycles. The van der Waals surface area contributed by atoms with Crippen molar-refractivity contribution in [3.05, 3.63) is 119 Å². The summed E-state index contributed by atoms with van der Waals surface area (Å²) in [4.78, 5) is 34.7. The summed E-state index contributed by atoms with van der Waals surface area (Å²) in [5.74, 6) is -0.285. The molecule has 0 aliphatic carbocycles. The number of thiophene rings is 1. The van der Waals surface area contributed by atoms with Gasteiger partial charge in [0, 0.05) is 43.5 Å². The van der Waals surface area contributed by atoms with E-state index in [1.54, 1.807) is 37.3 Å². The Kier molecular flexibility index (Phi) is 10.8. The molecule has 0 saturated carbocycles. The van der Waals surface area contributed by atoms with E-state index in [9.17, 15) is 22.4 Å². The summed E-state index contributed by atoms with van der Waals surface area (Å²) in [5, 5.41) is 0.558. The number of imide groups is 1. The fourth-order valence-electron chi connectivity index (χ4n) is 7.62. The highest BCUT2D eigenvalue weighted by molar-refractivity contribution is 7.91. The fraction of sp³-hybridized carbons (Fsp3) is 0.317. The molecule has 13 heteroatoms. The third kappa shape index (κ3) is 7.08. The van der Waals surface area contributed by atoms with E-state index >= 15 is 0 Å². The molecule has 0 spiro atoms. The van der Waals surface area contributed by atoms with Crippen LogP contribution in [-0.2, 0) is 10.0 Å². The lowest BCUT2D eigenvalue weighted by molar-refractivity contribution is 0.0572. The number of sulfonamides is 1. The van der Waals surface area contributed by atoms with E-state index < -0.39 is 27.8 Å². The Labute approximate surface area is 319 Å². The van der Waals surface area contributed by atoms with Crippen LogP contribution < -0.4 is 19.1 Å². The summed E-state index contributed by atoms with van der Waals surface area (Å²) in [5.41, 5.74) is 3.86. The zero-order valence-corrected chi connectivity index (χ0v) is 32.3. The number of nitrogens with zero attached hydrogens (tertiary/aromatic N) is 3. The number of benzene rings is 4. The van der Waals surface area contributed by atoms with Gasteiger partial charge in [0.25, 0.3) is 11.8 Å². The van der Waals surface area contributed by atoms with Gasteiger partial charge in [-0.15, -0.1) is 11.3 Å². The quantitative estimate of drug-likeness (QED) is 0.0979. The molecular weight excluding hydrogens is 728 g/mol. The number of ether oxygens (including phenoxy) is 2. The largest absolute Gasteiger partial charge is 0.493 e. The Bertz CT molecular complexity index is 2310. The van der Waals surface area contributed by atoms with Crippen molar-refractivity contribution in [1.29, 1.82) is 0 Å². The summed E-state index contributed by atoms with van der Waals surface area (Å²) >= 11 is 1.09. The third-order valence-corrected chi connectivity index (χ3v) is 13.9. The number of halogens is 1. The highest BCUT2D eigenvalue weighted by atomic mass is 32.2. The lowest BCUT2D eigenvalue weighted by Gasteiger charge is -2.39. The molecule has 5 aromatic rings. The smallest absolute Gasteiger partial charge is 0.264 e. The Balaban J connectivity index is 1.12. The number of methoxy groups -OCH3 is 2. The number of piperazine rings is 1. The van der Waals surface area contributed by atoms with Crippen molar-refractivity contribution in [2.75, 3.05) is 51.8 Å². The van der Waals surface area contributed by atoms with Crippen molar-refractivity contribution in [1.82, 2.24) is 14.5 Å². The Morgan fingerprint density at radius 3 is 2.31 bits per heavy atom. The van der Waals surface area contributed by atoms with Crippen LogP contribution in [0.3, 0.4) is 0 Å². The van der Waals surface area contributed by atoms with Crippen LogP contribution >= 0.6 is 11.3 Å². The number of hydrogen-bond donors (Lipinski definition) is 1. The number of carbonyl (C=O) groups excluding carboxylic acids is 2. The lowest BCUT2D eigenvalue weighted by Crippen LogP contribution is -2.47. The molecule has 282 valence electrons. The van der Waals surface area contributed by atoms with Crippen LogP contribution in [0.25, 0.3) is 10.1 Å². The van der Waals surface area contributed by atoms with E-state index in [1.165, 1.54) is 36.8 Å². The molecule has 1 fully saturated rings. The first-order chi connectivity index (χ1) is 26.0. The van der Waals surface area contributed by atoms with Gasteiger partial charge in [0.1, 0.15) is 10.0 Å². The molecule has 10 nitrogen and oxygen atoms in total. The van der Waals surface area contributed by atoms with Crippen molar-refractivity contribution in [2.45, 2.75) is 43.0 Å². The van der Waals surface area contributed by atoms with Crippen LogP contribution in [0.5, 0.6) is 11.5 Å². The van der Waals surface area contributed by atoms with Crippen LogP contribution in [-0.4, -0.2) is 77.0 Å². The number of fused-ring (bicyclic) bond motifs is 2. The van der Waals surface area contributed by atoms with Crippen LogP contribution in [0.4, 0.5) is 10.1 Å². The highest BCUT2D eigenvalue weighted by Crippen LogP contribution is 2.41. The van der Waals surface area contributed by atoms with Crippen molar-refractivity contribution >= 4 is 48.9 Å². The van der Waals surface area contributed by atoms with E-state index in [2.05, 4.69) is 45.7 Å². The minimum Gasteiger partial charge on any atom is -0.493 e. The van der Waals surface area contributed by atoms with E-state index in [0.29, 0.717) is 63.3 Å². The van der Waals surface area contributed by atoms with E-state index in [4.69, 9.17) is 9.47 Å². The summed E-state index contributed by atoms with van der Waals surface area (Å²) < 4.78 is 55.4. The highest BCUT2D eigenvalue weighted by Gasteiger charge is 2.43. The van der Waals surface area contributed by atoms with Gasteiger partial charge >= 0.3 is 0 Å². The monoisotopic (exact) mass is 770 g/mol. The van der Waals surface area contributed by atoms with Crippen LogP contribution in [0, 0.1) is 12.7 Å². The van der Waals surface area contributed by atoms with Gasteiger partial charge in [0.15, 0.2) is 11.5 Å². The second kappa shape index (κ2) is 15.5. The minimum atomic E-state index is -3.92. The Morgan fingerprint density at radius 2 is 1.59 bits per heavy atom. The maximum Gasteiger partial charge on any atom is 0.264 e. The standard InChI is InChI=1S/C41H43FN4O6S2/c1-26-32-25-30(42)16-18-37(32)53-41(26)54(49,50)43-19-9-14-33(29-15-17-35(51-3)36(24-29)52-4)46-39(47)31-12-8-13-34(38(31)40(46)48)45-22-20-44(21-23-45)27(2)28-10-6-5-7-11-28/h5-8,10-13,15-18,24-25,27,33,43H,9,14,19-23H2,1-4H3/t27?,33-/m1/s1. The molecular formula is C41H43FN4O6S2. The maximum atomic E-state index is 14.5. The maximum absolute atomic E-state index is 14.5. The molecule has 2 aliphatic heterocycles. The van der Waals surface area contributed by atoms with Crippen molar-refractivity contribution in [3.63, 3.8) is 0 Å². The summed E-state index contributed by atoms with van der Waals surface area (Å²) in [6.07, 6.45) is 0.574. The normalized spacial score (nSPS) is 16.2. The van der Waals surface area contributed by atoms with Gasteiger partial charge in [-0.2, -0.15) is 0 Å². The number of amides is 2. The summed E-state index contributed by atoms with van der Waals surface area (Å²) in [6.45, 7) is 6.92. The SMILES string of the molecule is COc1ccc([C@@H](CCCNS(=O)(=O)c2sc3ccc(F)cc3c2C)N2C(=O)c3cccc(N4CCN(C(C)c5ccccc5)CC4)c3C2=O)cc1OC. The molecule has 0 bridgehead atoms. The summed E-state index contributed by atoms with van der Waals surface area (Å²) in [6, 6.07) is 24.9. The predicted octanol–water partition coefficient (Wildman–Crippen LogP) is 7.35. The van der Waals surface area contributed by atoms with Gasteiger partial charge in [0.05, 0.1) is 37.1 Å². The molecule has 3 heterocycles. The predicted molar refractivity (Wildman–Crippen MR) is 209 cm³/mol. The Morgan fingerprint density at radius 1 is 0.852 bits per heavy atom. The van der Waals surface area contributed by atoms with Crippen molar-refractivity contribution < 1.29 is 31.9 Å². The van der Waals surface area contributed by atoms with Gasteiger partial charge in [0.2, 0.25) is 10.0 Å². The number of hydrogen-bond acceptors (Lipinski definition) is 9. The zero-order chi connectivity index (χ0) is 38.1. The molecule has 2 amide bonds. The average molecular weight is 771 g/mol. The van der Waals surface area contributed by atoms with Gasteiger partial charge in [-0.1, -0.05) is 42.5 Å². The number of rotatable bonds is 13. The topological polar surface area (TPSA) is 108 Å². The summed E-state index contributed by atoms with van der Waals surface area (Å²) in [7, 11) is -0.873. The Hall–Kier alpha value is -4.82. The van der Waals surface area contributed by atoms with Crippen molar-refractivity contribution in [2.24, 2.45) is 0 Å². The third-order valence-electron chi connectivity index (χ3n) is 10.6. The molecule has 2 aliphatic rings. The number of anilines is 1. The van der Waals surface area contributed by atoms with E-state index in [1.807, 2.05) is 18.2 Å². The van der Waals surface area contributed by atoms with Crippen LogP contribution in [0.1, 0.15) is 69.3 Å². The number of nitrogens with one attached hydrogen (secondary N) is 1. The van der Waals surface area contributed by atoms with E-state index in [-0.39, 0.29) is 29.1 Å². The minimum absolute atomic E-state index is 0.0499. The van der Waals surface area contributed by atoms with Gasteiger partial charge in [-0.25, -0.2) is 17.5 Å². The molecule has 0 radical (unpaired) electrons. The first kappa shape index (κ1) is 37.5. The lowest BCUT2D eigenvalue weighted by atomic mass is 9.99. The molecule has 1 aromatic heterocycles. The first-order valence-corrected chi connectivity index (χ1v) is 20.3. The molecule has 2 atom stereocenters. The van der Waals surface area contributed by atoms with Crippen LogP contribution in [0.15, 0.2) is 89.1 Å².